The van der Waals surface area contributed by atoms with E-state index in [9.17, 15) is 0 Å². The fraction of sp³-hybridized carbons (Fsp3) is 0.100. The Bertz CT molecular complexity index is 400. The number of aromatic nitrogens is 1. The summed E-state index contributed by atoms with van der Waals surface area (Å²) in [4.78, 5) is 5.40. The first kappa shape index (κ1) is 9.68. The van der Waals surface area contributed by atoms with Gasteiger partial charge in [0.25, 0.3) is 0 Å². The minimum Gasteiger partial charge on any atom is -0.379 e. The number of pyridine rings is 1. The van der Waals surface area contributed by atoms with Gasteiger partial charge in [-0.15, -0.1) is 11.3 Å². The van der Waals surface area contributed by atoms with Crippen LogP contribution in [0, 0.1) is 0 Å². The van der Waals surface area contributed by atoms with E-state index in [2.05, 4.69) is 43.7 Å². The lowest BCUT2D eigenvalue weighted by atomic mass is 10.4. The van der Waals surface area contributed by atoms with Crippen LogP contribution in [0.3, 0.4) is 0 Å². The summed E-state index contributed by atoms with van der Waals surface area (Å²) in [7, 11) is 0. The summed E-state index contributed by atoms with van der Waals surface area (Å²) in [5.74, 6) is 0. The summed E-state index contributed by atoms with van der Waals surface area (Å²) < 4.78 is 0.994. The van der Waals surface area contributed by atoms with Crippen molar-refractivity contribution >= 4 is 33.0 Å². The molecule has 0 aliphatic rings. The lowest BCUT2D eigenvalue weighted by molar-refractivity contribution is 1.17. The third-order valence-electron chi connectivity index (χ3n) is 1.75. The smallest absolute Gasteiger partial charge is 0.0540 e. The SMILES string of the molecule is Brc1cncc(NCc2cccs2)c1. The van der Waals surface area contributed by atoms with E-state index in [1.54, 1.807) is 17.5 Å². The zero-order chi connectivity index (χ0) is 9.80. The van der Waals surface area contributed by atoms with Crippen molar-refractivity contribution in [2.45, 2.75) is 6.54 Å². The highest BCUT2D eigenvalue weighted by atomic mass is 79.9. The number of anilines is 1. The van der Waals surface area contributed by atoms with E-state index in [0.717, 1.165) is 16.7 Å². The van der Waals surface area contributed by atoms with Crippen LogP contribution < -0.4 is 5.32 Å². The van der Waals surface area contributed by atoms with Crippen molar-refractivity contribution in [3.63, 3.8) is 0 Å². The maximum Gasteiger partial charge on any atom is 0.0540 e. The second-order valence-electron chi connectivity index (χ2n) is 2.82. The molecule has 2 rings (SSSR count). The molecular weight excluding hydrogens is 260 g/mol. The molecule has 0 radical (unpaired) electrons. The third-order valence-corrected chi connectivity index (χ3v) is 3.06. The van der Waals surface area contributed by atoms with E-state index in [1.807, 2.05) is 12.3 Å². The molecule has 2 heterocycles. The zero-order valence-electron chi connectivity index (χ0n) is 7.40. The average molecular weight is 269 g/mol. The van der Waals surface area contributed by atoms with Gasteiger partial charge < -0.3 is 5.32 Å². The third kappa shape index (κ3) is 2.56. The Morgan fingerprint density at radius 3 is 3.07 bits per heavy atom. The maximum atomic E-state index is 4.08. The standard InChI is InChI=1S/C10H9BrN2S/c11-8-4-9(6-12-5-8)13-7-10-2-1-3-14-10/h1-6,13H,7H2. The van der Waals surface area contributed by atoms with Gasteiger partial charge in [-0.3, -0.25) is 4.98 Å². The maximum absolute atomic E-state index is 4.08. The van der Waals surface area contributed by atoms with Crippen LogP contribution in [0.15, 0.2) is 40.4 Å². The van der Waals surface area contributed by atoms with Gasteiger partial charge in [-0.2, -0.15) is 0 Å². The van der Waals surface area contributed by atoms with Gasteiger partial charge in [-0.25, -0.2) is 0 Å². The number of nitrogens with one attached hydrogen (secondary N) is 1. The van der Waals surface area contributed by atoms with Crippen molar-refractivity contribution in [2.75, 3.05) is 5.32 Å². The molecule has 0 fully saturated rings. The Kier molecular flexibility index (Phi) is 3.16. The Morgan fingerprint density at radius 2 is 2.36 bits per heavy atom. The fourth-order valence-electron chi connectivity index (χ4n) is 1.11. The molecule has 2 aromatic rings. The Hall–Kier alpha value is -0.870. The summed E-state index contributed by atoms with van der Waals surface area (Å²) in [6.07, 6.45) is 3.59. The van der Waals surface area contributed by atoms with Gasteiger partial charge in [0.2, 0.25) is 0 Å². The van der Waals surface area contributed by atoms with Gasteiger partial charge in [-0.05, 0) is 33.4 Å². The van der Waals surface area contributed by atoms with E-state index in [0.29, 0.717) is 0 Å². The monoisotopic (exact) mass is 268 g/mol. The summed E-state index contributed by atoms with van der Waals surface area (Å²) in [6, 6.07) is 6.19. The second kappa shape index (κ2) is 4.57. The lowest BCUT2D eigenvalue weighted by Crippen LogP contribution is -1.97. The van der Waals surface area contributed by atoms with Crippen molar-refractivity contribution in [1.29, 1.82) is 0 Å². The highest BCUT2D eigenvalue weighted by Crippen LogP contribution is 2.15. The molecule has 72 valence electrons. The lowest BCUT2D eigenvalue weighted by Gasteiger charge is -2.03. The van der Waals surface area contributed by atoms with Crippen LogP contribution in [-0.4, -0.2) is 4.98 Å². The van der Waals surface area contributed by atoms with Crippen LogP contribution in [0.5, 0.6) is 0 Å². The van der Waals surface area contributed by atoms with Crippen LogP contribution in [0.1, 0.15) is 4.88 Å². The summed E-state index contributed by atoms with van der Waals surface area (Å²) >= 11 is 5.13. The molecule has 0 saturated heterocycles. The Balaban J connectivity index is 1.98. The van der Waals surface area contributed by atoms with Crippen molar-refractivity contribution in [3.8, 4) is 0 Å². The molecule has 0 spiro atoms. The zero-order valence-corrected chi connectivity index (χ0v) is 9.81. The molecule has 0 aliphatic carbocycles. The summed E-state index contributed by atoms with van der Waals surface area (Å²) in [5, 5.41) is 5.39. The quantitative estimate of drug-likeness (QED) is 0.922. The number of nitrogens with zero attached hydrogens (tertiary/aromatic N) is 1. The number of rotatable bonds is 3. The van der Waals surface area contributed by atoms with Crippen molar-refractivity contribution in [3.05, 3.63) is 45.3 Å². The van der Waals surface area contributed by atoms with Crippen LogP contribution in [0.25, 0.3) is 0 Å². The number of hydrogen-bond acceptors (Lipinski definition) is 3. The molecule has 14 heavy (non-hydrogen) atoms. The van der Waals surface area contributed by atoms with Gasteiger partial charge in [0.1, 0.15) is 0 Å². The molecule has 0 unspecified atom stereocenters. The molecule has 0 aliphatic heterocycles. The van der Waals surface area contributed by atoms with Crippen molar-refractivity contribution in [2.24, 2.45) is 0 Å². The minimum atomic E-state index is 0.857. The van der Waals surface area contributed by atoms with Crippen LogP contribution in [0.2, 0.25) is 0 Å². The molecule has 4 heteroatoms. The van der Waals surface area contributed by atoms with Gasteiger partial charge in [0.15, 0.2) is 0 Å². The highest BCUT2D eigenvalue weighted by Gasteiger charge is 1.95. The van der Waals surface area contributed by atoms with Gasteiger partial charge in [0.05, 0.1) is 11.9 Å². The Labute approximate surface area is 95.1 Å². The molecule has 1 N–H and O–H groups in total. The van der Waals surface area contributed by atoms with E-state index in [-0.39, 0.29) is 0 Å². The Morgan fingerprint density at radius 1 is 1.43 bits per heavy atom. The van der Waals surface area contributed by atoms with Crippen LogP contribution in [-0.2, 0) is 6.54 Å². The number of hydrogen-bond donors (Lipinski definition) is 1. The number of thiophene rings is 1. The average Bonchev–Trinajstić information content (AvgIpc) is 2.67. The topological polar surface area (TPSA) is 24.9 Å². The first-order valence-corrected chi connectivity index (χ1v) is 5.89. The molecule has 2 aromatic heterocycles. The van der Waals surface area contributed by atoms with E-state index >= 15 is 0 Å². The summed E-state index contributed by atoms with van der Waals surface area (Å²) in [6.45, 7) is 0.857. The predicted octanol–water partition coefficient (Wildman–Crippen LogP) is 3.52. The molecular formula is C10H9BrN2S. The van der Waals surface area contributed by atoms with Crippen LogP contribution >= 0.6 is 27.3 Å². The van der Waals surface area contributed by atoms with Crippen LogP contribution in [0.4, 0.5) is 5.69 Å². The first-order chi connectivity index (χ1) is 6.84. The van der Waals surface area contributed by atoms with Crippen molar-refractivity contribution in [1.82, 2.24) is 4.98 Å². The van der Waals surface area contributed by atoms with Crippen molar-refractivity contribution < 1.29 is 0 Å². The molecule has 0 saturated carbocycles. The molecule has 0 amide bonds. The van der Waals surface area contributed by atoms with Gasteiger partial charge in [-0.1, -0.05) is 6.07 Å². The molecule has 2 nitrogen and oxygen atoms in total. The molecule has 0 atom stereocenters. The number of halogens is 1. The summed E-state index contributed by atoms with van der Waals surface area (Å²) in [5.41, 5.74) is 1.03. The molecule has 0 aromatic carbocycles. The minimum absolute atomic E-state index is 0.857. The normalized spacial score (nSPS) is 10.1. The highest BCUT2D eigenvalue weighted by molar-refractivity contribution is 9.10. The molecule has 0 bridgehead atoms. The van der Waals surface area contributed by atoms with E-state index in [1.165, 1.54) is 4.88 Å². The predicted molar refractivity (Wildman–Crippen MR) is 63.6 cm³/mol. The van der Waals surface area contributed by atoms with Gasteiger partial charge in [0, 0.05) is 22.1 Å². The largest absolute Gasteiger partial charge is 0.379 e. The van der Waals surface area contributed by atoms with E-state index < -0.39 is 0 Å². The fourth-order valence-corrected chi connectivity index (χ4v) is 2.12. The van der Waals surface area contributed by atoms with E-state index in [4.69, 9.17) is 0 Å². The first-order valence-electron chi connectivity index (χ1n) is 4.21. The second-order valence-corrected chi connectivity index (χ2v) is 4.77. The van der Waals surface area contributed by atoms with Gasteiger partial charge >= 0.3 is 0 Å².